The van der Waals surface area contributed by atoms with E-state index in [0.717, 1.165) is 25.2 Å². The van der Waals surface area contributed by atoms with Crippen LogP contribution >= 0.6 is 24.0 Å². The summed E-state index contributed by atoms with van der Waals surface area (Å²) in [6.45, 7) is 1.95. The summed E-state index contributed by atoms with van der Waals surface area (Å²) in [7, 11) is 0. The molecule has 6 nitrogen and oxygen atoms in total. The molecule has 0 N–H and O–H groups in total. The molecule has 3 aromatic rings. The second-order valence-electron chi connectivity index (χ2n) is 6.79. The number of amides is 1. The first-order valence-electron chi connectivity index (χ1n) is 8.91. The molecule has 0 saturated carbocycles. The topological polar surface area (TPSA) is 62.2 Å². The molecule has 0 radical (unpaired) electrons. The maximum Gasteiger partial charge on any atom is 0.270 e. The first-order valence-corrected chi connectivity index (χ1v) is 10.2. The van der Waals surface area contributed by atoms with Gasteiger partial charge in [-0.3, -0.25) is 14.7 Å². The molecule has 1 amide bonds. The van der Waals surface area contributed by atoms with Gasteiger partial charge < -0.3 is 4.90 Å². The lowest BCUT2D eigenvalue weighted by molar-refractivity contribution is 0.1000. The first kappa shape index (κ1) is 17.6. The SMILES string of the molecule is O=C1c2sc(-c3ccc(N4CCC(S)C4)nc3F)nc2CN1c1cccnc1. The summed E-state index contributed by atoms with van der Waals surface area (Å²) in [5, 5.41) is 0.773. The molecular formula is C19H16FN5OS2. The van der Waals surface area contributed by atoms with Gasteiger partial charge in [0.2, 0.25) is 5.95 Å². The van der Waals surface area contributed by atoms with Crippen LogP contribution in [0.4, 0.5) is 15.9 Å². The predicted octanol–water partition coefficient (Wildman–Crippen LogP) is 3.41. The molecule has 2 aliphatic heterocycles. The van der Waals surface area contributed by atoms with E-state index in [1.54, 1.807) is 35.5 Å². The summed E-state index contributed by atoms with van der Waals surface area (Å²) in [6.07, 6.45) is 4.27. The van der Waals surface area contributed by atoms with Gasteiger partial charge in [0.05, 0.1) is 29.7 Å². The molecule has 0 spiro atoms. The minimum absolute atomic E-state index is 0.131. The van der Waals surface area contributed by atoms with Crippen molar-refractivity contribution in [3.8, 4) is 10.6 Å². The second kappa shape index (κ2) is 6.82. The van der Waals surface area contributed by atoms with Gasteiger partial charge in [-0.15, -0.1) is 11.3 Å². The number of halogens is 1. The van der Waals surface area contributed by atoms with E-state index in [0.29, 0.717) is 38.8 Å². The van der Waals surface area contributed by atoms with Crippen LogP contribution in [0.2, 0.25) is 0 Å². The molecule has 2 aliphatic rings. The van der Waals surface area contributed by atoms with Crippen molar-refractivity contribution in [2.75, 3.05) is 22.9 Å². The first-order chi connectivity index (χ1) is 13.6. The van der Waals surface area contributed by atoms with Crippen molar-refractivity contribution in [1.82, 2.24) is 15.0 Å². The van der Waals surface area contributed by atoms with E-state index in [9.17, 15) is 9.18 Å². The van der Waals surface area contributed by atoms with Crippen molar-refractivity contribution in [2.45, 2.75) is 18.2 Å². The van der Waals surface area contributed by atoms with Crippen molar-refractivity contribution < 1.29 is 9.18 Å². The Balaban J connectivity index is 1.41. The van der Waals surface area contributed by atoms with Gasteiger partial charge in [0.1, 0.15) is 15.7 Å². The predicted molar refractivity (Wildman–Crippen MR) is 110 cm³/mol. The molecule has 9 heteroatoms. The normalized spacial score (nSPS) is 18.8. The maximum atomic E-state index is 14.7. The van der Waals surface area contributed by atoms with E-state index in [4.69, 9.17) is 0 Å². The fraction of sp³-hybridized carbons (Fsp3) is 0.263. The maximum absolute atomic E-state index is 14.7. The molecule has 0 aliphatic carbocycles. The van der Waals surface area contributed by atoms with Crippen LogP contribution in [0.15, 0.2) is 36.7 Å². The Kier molecular flexibility index (Phi) is 4.28. The van der Waals surface area contributed by atoms with Gasteiger partial charge in [-0.2, -0.15) is 17.0 Å². The van der Waals surface area contributed by atoms with Crippen LogP contribution in [-0.4, -0.2) is 39.2 Å². The molecule has 28 heavy (non-hydrogen) atoms. The fourth-order valence-electron chi connectivity index (χ4n) is 3.52. The van der Waals surface area contributed by atoms with Crippen LogP contribution in [0.3, 0.4) is 0 Å². The van der Waals surface area contributed by atoms with Gasteiger partial charge in [0.15, 0.2) is 0 Å². The van der Waals surface area contributed by atoms with Crippen LogP contribution < -0.4 is 9.80 Å². The Hall–Kier alpha value is -2.52. The lowest BCUT2D eigenvalue weighted by atomic mass is 10.2. The molecule has 5 heterocycles. The van der Waals surface area contributed by atoms with E-state index >= 15 is 0 Å². The molecular weight excluding hydrogens is 397 g/mol. The van der Waals surface area contributed by atoms with Crippen LogP contribution in [0, 0.1) is 5.95 Å². The summed E-state index contributed by atoms with van der Waals surface area (Å²) < 4.78 is 14.7. The number of pyridine rings is 2. The Labute approximate surface area is 170 Å². The highest BCUT2D eigenvalue weighted by molar-refractivity contribution is 7.81. The third-order valence-corrected chi connectivity index (χ3v) is 6.49. The number of thiol groups is 1. The lowest BCUT2D eigenvalue weighted by Crippen LogP contribution is -2.23. The standard InChI is InChI=1S/C19H16FN5OS2/c20-17-13(3-4-15(23-17)24-7-5-12(27)9-24)18-22-14-10-25(19(26)16(14)28-18)11-2-1-6-21-8-11/h1-4,6,8,12,27H,5,7,9-10H2. The smallest absolute Gasteiger partial charge is 0.270 e. The highest BCUT2D eigenvalue weighted by atomic mass is 32.1. The molecule has 0 aromatic carbocycles. The number of carbonyl (C=O) groups is 1. The van der Waals surface area contributed by atoms with Crippen molar-refractivity contribution >= 4 is 41.4 Å². The quantitative estimate of drug-likeness (QED) is 0.527. The molecule has 0 bridgehead atoms. The van der Waals surface area contributed by atoms with E-state index < -0.39 is 5.95 Å². The lowest BCUT2D eigenvalue weighted by Gasteiger charge is -2.17. The van der Waals surface area contributed by atoms with Crippen molar-refractivity contribution in [3.63, 3.8) is 0 Å². The molecule has 3 aromatic heterocycles. The average Bonchev–Trinajstić information content (AvgIpc) is 3.39. The number of hydrogen-bond acceptors (Lipinski definition) is 7. The second-order valence-corrected chi connectivity index (χ2v) is 8.52. The van der Waals surface area contributed by atoms with Gasteiger partial charge in [-0.25, -0.2) is 9.97 Å². The van der Waals surface area contributed by atoms with E-state index in [1.807, 2.05) is 11.0 Å². The van der Waals surface area contributed by atoms with Gasteiger partial charge in [-0.05, 0) is 30.7 Å². The number of fused-ring (bicyclic) bond motifs is 1. The number of carbonyl (C=O) groups excluding carboxylic acids is 1. The highest BCUT2D eigenvalue weighted by Gasteiger charge is 2.33. The third-order valence-electron chi connectivity index (χ3n) is 4.95. The van der Waals surface area contributed by atoms with E-state index in [1.165, 1.54) is 11.3 Å². The highest BCUT2D eigenvalue weighted by Crippen LogP contribution is 2.36. The van der Waals surface area contributed by atoms with Gasteiger partial charge in [0.25, 0.3) is 5.91 Å². The average molecular weight is 414 g/mol. The molecule has 1 unspecified atom stereocenters. The van der Waals surface area contributed by atoms with Crippen LogP contribution in [0.5, 0.6) is 0 Å². The molecule has 1 saturated heterocycles. The minimum atomic E-state index is -0.566. The molecule has 1 atom stereocenters. The minimum Gasteiger partial charge on any atom is -0.355 e. The van der Waals surface area contributed by atoms with Crippen molar-refractivity contribution in [3.05, 3.63) is 53.2 Å². The summed E-state index contributed by atoms with van der Waals surface area (Å²) in [5.41, 5.74) is 1.71. The van der Waals surface area contributed by atoms with Crippen LogP contribution in [-0.2, 0) is 6.54 Å². The number of rotatable bonds is 3. The van der Waals surface area contributed by atoms with Gasteiger partial charge in [0, 0.05) is 24.5 Å². The molecule has 1 fully saturated rings. The summed E-state index contributed by atoms with van der Waals surface area (Å²) in [5.74, 6) is -0.0848. The van der Waals surface area contributed by atoms with Crippen LogP contribution in [0.25, 0.3) is 10.6 Å². The Bertz CT molecular complexity index is 1060. The molecule has 5 rings (SSSR count). The third kappa shape index (κ3) is 2.94. The summed E-state index contributed by atoms with van der Waals surface area (Å²) in [6, 6.07) is 7.12. The van der Waals surface area contributed by atoms with Gasteiger partial charge >= 0.3 is 0 Å². The Morgan fingerprint density at radius 1 is 1.25 bits per heavy atom. The largest absolute Gasteiger partial charge is 0.355 e. The van der Waals surface area contributed by atoms with E-state index in [2.05, 4.69) is 27.6 Å². The number of anilines is 2. The van der Waals surface area contributed by atoms with Crippen molar-refractivity contribution in [2.24, 2.45) is 0 Å². The summed E-state index contributed by atoms with van der Waals surface area (Å²) in [4.78, 5) is 29.6. The van der Waals surface area contributed by atoms with Crippen LogP contribution in [0.1, 0.15) is 21.8 Å². The molecule has 142 valence electrons. The zero-order chi connectivity index (χ0) is 19.3. The van der Waals surface area contributed by atoms with Crippen molar-refractivity contribution in [1.29, 1.82) is 0 Å². The van der Waals surface area contributed by atoms with E-state index in [-0.39, 0.29) is 5.91 Å². The van der Waals surface area contributed by atoms with Gasteiger partial charge in [-0.1, -0.05) is 0 Å². The Morgan fingerprint density at radius 2 is 2.14 bits per heavy atom. The zero-order valence-corrected chi connectivity index (χ0v) is 16.5. The number of aromatic nitrogens is 3. The zero-order valence-electron chi connectivity index (χ0n) is 14.7. The number of nitrogens with zero attached hydrogens (tertiary/aromatic N) is 5. The number of hydrogen-bond donors (Lipinski definition) is 1. The number of thiazole rings is 1. The Morgan fingerprint density at radius 3 is 2.82 bits per heavy atom. The fourth-order valence-corrected chi connectivity index (χ4v) is 4.87. The monoisotopic (exact) mass is 413 g/mol. The summed E-state index contributed by atoms with van der Waals surface area (Å²) >= 11 is 5.67.